The molecule has 0 aliphatic carbocycles. The Morgan fingerprint density at radius 2 is 1.74 bits per heavy atom. The van der Waals surface area contributed by atoms with Crippen LogP contribution in [0.15, 0.2) is 64.6 Å². The molecule has 0 heterocycles. The van der Waals surface area contributed by atoms with Gasteiger partial charge in [0.05, 0.1) is 43.1 Å². The SMILES string of the molecule is COc1ccc(OC)c(/C=N\NC(=O)CN(c2cc(Cl)ccc2OC)S(=O)(=O)c2ccc(C)c([N+](=O)[O-])c2)c1. The van der Waals surface area contributed by atoms with Crippen LogP contribution in [0.5, 0.6) is 17.2 Å². The predicted octanol–water partition coefficient (Wildman–Crippen LogP) is 3.93. The number of nitrogens with one attached hydrogen (secondary N) is 1. The average molecular weight is 577 g/mol. The van der Waals surface area contributed by atoms with E-state index in [-0.39, 0.29) is 22.0 Å². The number of hydrogen-bond acceptors (Lipinski definition) is 9. The number of anilines is 1. The second-order valence-electron chi connectivity index (χ2n) is 7.93. The van der Waals surface area contributed by atoms with Gasteiger partial charge in [-0.1, -0.05) is 17.7 Å². The Morgan fingerprint density at radius 3 is 2.38 bits per heavy atom. The van der Waals surface area contributed by atoms with E-state index in [9.17, 15) is 23.3 Å². The Kier molecular flexibility index (Phi) is 9.33. The summed E-state index contributed by atoms with van der Waals surface area (Å²) < 4.78 is 44.0. The number of sulfonamides is 1. The molecule has 1 N–H and O–H groups in total. The fourth-order valence-corrected chi connectivity index (χ4v) is 5.12. The number of hydrogen-bond donors (Lipinski definition) is 1. The fourth-order valence-electron chi connectivity index (χ4n) is 3.51. The van der Waals surface area contributed by atoms with E-state index >= 15 is 0 Å². The van der Waals surface area contributed by atoms with E-state index in [4.69, 9.17) is 25.8 Å². The molecule has 14 heteroatoms. The Balaban J connectivity index is 1.99. The highest BCUT2D eigenvalue weighted by molar-refractivity contribution is 7.92. The van der Waals surface area contributed by atoms with E-state index in [1.807, 2.05) is 0 Å². The minimum Gasteiger partial charge on any atom is -0.497 e. The standard InChI is InChI=1S/C25H25ClN4O8S/c1-16-5-8-20(13-21(16)30(32)33)39(34,35)29(22-12-18(26)6-9-24(22)38-4)15-25(31)28-27-14-17-11-19(36-2)7-10-23(17)37-3/h5-14H,15H2,1-4H3,(H,28,31)/b27-14-. The van der Waals surface area contributed by atoms with Crippen LogP contribution in [0.25, 0.3) is 0 Å². The zero-order chi connectivity index (χ0) is 28.7. The highest BCUT2D eigenvalue weighted by Gasteiger charge is 2.31. The van der Waals surface area contributed by atoms with E-state index in [0.29, 0.717) is 17.1 Å². The molecule has 3 aromatic rings. The molecule has 0 aliphatic heterocycles. The molecule has 206 valence electrons. The summed E-state index contributed by atoms with van der Waals surface area (Å²) in [5.41, 5.74) is 2.59. The summed E-state index contributed by atoms with van der Waals surface area (Å²) in [6.45, 7) is 0.725. The molecule has 0 aromatic heterocycles. The monoisotopic (exact) mass is 576 g/mol. The van der Waals surface area contributed by atoms with Crippen LogP contribution in [0.1, 0.15) is 11.1 Å². The van der Waals surface area contributed by atoms with Crippen molar-refractivity contribution < 1.29 is 32.3 Å². The number of nitrogens with zero attached hydrogens (tertiary/aromatic N) is 3. The van der Waals surface area contributed by atoms with Gasteiger partial charge in [0.15, 0.2) is 0 Å². The fraction of sp³-hybridized carbons (Fsp3) is 0.200. The van der Waals surface area contributed by atoms with Crippen LogP contribution in [-0.4, -0.2) is 53.3 Å². The molecule has 0 fully saturated rings. The molecule has 39 heavy (non-hydrogen) atoms. The lowest BCUT2D eigenvalue weighted by molar-refractivity contribution is -0.385. The summed E-state index contributed by atoms with van der Waals surface area (Å²) >= 11 is 6.13. The summed E-state index contributed by atoms with van der Waals surface area (Å²) in [7, 11) is -0.249. The van der Waals surface area contributed by atoms with Crippen molar-refractivity contribution in [3.8, 4) is 17.2 Å². The highest BCUT2D eigenvalue weighted by atomic mass is 35.5. The average Bonchev–Trinajstić information content (AvgIpc) is 2.91. The molecule has 0 atom stereocenters. The Morgan fingerprint density at radius 1 is 1.05 bits per heavy atom. The first-order valence-corrected chi connectivity index (χ1v) is 13.0. The number of nitro groups is 1. The normalized spacial score (nSPS) is 11.2. The summed E-state index contributed by atoms with van der Waals surface area (Å²) in [4.78, 5) is 23.3. The lowest BCUT2D eigenvalue weighted by Gasteiger charge is -2.25. The van der Waals surface area contributed by atoms with Gasteiger partial charge < -0.3 is 14.2 Å². The zero-order valence-electron chi connectivity index (χ0n) is 21.4. The first-order valence-electron chi connectivity index (χ1n) is 11.2. The van der Waals surface area contributed by atoms with Gasteiger partial charge in [-0.3, -0.25) is 19.2 Å². The van der Waals surface area contributed by atoms with Crippen LogP contribution in [0.2, 0.25) is 5.02 Å². The number of amides is 1. The maximum absolute atomic E-state index is 13.7. The van der Waals surface area contributed by atoms with Crippen molar-refractivity contribution in [2.24, 2.45) is 5.10 Å². The number of carbonyl (C=O) groups excluding carboxylic acids is 1. The summed E-state index contributed by atoms with van der Waals surface area (Å²) in [5.74, 6) is 0.269. The third kappa shape index (κ3) is 6.75. The molecule has 3 aromatic carbocycles. The van der Waals surface area contributed by atoms with Gasteiger partial charge in [-0.05, 0) is 49.4 Å². The molecule has 0 saturated carbocycles. The number of benzene rings is 3. The minimum atomic E-state index is -4.53. The number of carbonyl (C=O) groups is 1. The second-order valence-corrected chi connectivity index (χ2v) is 10.2. The van der Waals surface area contributed by atoms with Gasteiger partial charge in [-0.15, -0.1) is 0 Å². The van der Waals surface area contributed by atoms with E-state index < -0.39 is 38.0 Å². The third-order valence-electron chi connectivity index (χ3n) is 5.49. The predicted molar refractivity (Wildman–Crippen MR) is 146 cm³/mol. The largest absolute Gasteiger partial charge is 0.497 e. The number of nitro benzene ring substituents is 1. The first kappa shape index (κ1) is 29.2. The number of aryl methyl sites for hydroxylation is 1. The second kappa shape index (κ2) is 12.5. The Labute approximate surface area is 229 Å². The number of ether oxygens (including phenoxy) is 3. The summed E-state index contributed by atoms with van der Waals surface area (Å²) in [5, 5.41) is 15.5. The van der Waals surface area contributed by atoms with E-state index in [1.165, 1.54) is 64.8 Å². The smallest absolute Gasteiger partial charge is 0.273 e. The van der Waals surface area contributed by atoms with Crippen LogP contribution >= 0.6 is 11.6 Å². The van der Waals surface area contributed by atoms with Gasteiger partial charge in [0, 0.05) is 22.2 Å². The van der Waals surface area contributed by atoms with Crippen molar-refractivity contribution in [3.05, 3.63) is 80.9 Å². The summed E-state index contributed by atoms with van der Waals surface area (Å²) in [6.07, 6.45) is 1.31. The molecular formula is C25H25ClN4O8S. The van der Waals surface area contributed by atoms with E-state index in [1.54, 1.807) is 18.2 Å². The first-order chi connectivity index (χ1) is 18.5. The van der Waals surface area contributed by atoms with Crippen LogP contribution < -0.4 is 23.9 Å². The number of rotatable bonds is 11. The number of halogens is 1. The molecule has 0 bridgehead atoms. The van der Waals surface area contributed by atoms with Crippen molar-refractivity contribution in [3.63, 3.8) is 0 Å². The van der Waals surface area contributed by atoms with Crippen LogP contribution in [0, 0.1) is 17.0 Å². The molecular weight excluding hydrogens is 552 g/mol. The van der Waals surface area contributed by atoms with Crippen molar-refractivity contribution >= 4 is 45.1 Å². The quantitative estimate of drug-likeness (QED) is 0.205. The van der Waals surface area contributed by atoms with Gasteiger partial charge in [0.2, 0.25) is 0 Å². The van der Waals surface area contributed by atoms with Crippen molar-refractivity contribution in [1.82, 2.24) is 5.43 Å². The lowest BCUT2D eigenvalue weighted by Crippen LogP contribution is -2.39. The molecule has 0 radical (unpaired) electrons. The number of methoxy groups -OCH3 is 3. The molecule has 0 spiro atoms. The van der Waals surface area contributed by atoms with E-state index in [0.717, 1.165) is 10.4 Å². The Bertz CT molecular complexity index is 1530. The Hall–Kier alpha value is -4.36. The van der Waals surface area contributed by atoms with Crippen molar-refractivity contribution in [2.75, 3.05) is 32.2 Å². The molecule has 0 saturated heterocycles. The maximum atomic E-state index is 13.7. The maximum Gasteiger partial charge on any atom is 0.273 e. The van der Waals surface area contributed by atoms with Gasteiger partial charge in [0.25, 0.3) is 21.6 Å². The van der Waals surface area contributed by atoms with Crippen molar-refractivity contribution in [1.29, 1.82) is 0 Å². The molecule has 12 nitrogen and oxygen atoms in total. The lowest BCUT2D eigenvalue weighted by atomic mass is 10.2. The van der Waals surface area contributed by atoms with Gasteiger partial charge in [0.1, 0.15) is 23.8 Å². The van der Waals surface area contributed by atoms with E-state index in [2.05, 4.69) is 10.5 Å². The van der Waals surface area contributed by atoms with Crippen LogP contribution in [0.4, 0.5) is 11.4 Å². The molecule has 3 rings (SSSR count). The van der Waals surface area contributed by atoms with Crippen LogP contribution in [0.3, 0.4) is 0 Å². The molecule has 0 unspecified atom stereocenters. The zero-order valence-corrected chi connectivity index (χ0v) is 22.9. The summed E-state index contributed by atoms with van der Waals surface area (Å²) in [6, 6.07) is 12.6. The van der Waals surface area contributed by atoms with Gasteiger partial charge in [-0.2, -0.15) is 5.10 Å². The minimum absolute atomic E-state index is 0.0539. The van der Waals surface area contributed by atoms with Crippen molar-refractivity contribution in [2.45, 2.75) is 11.8 Å². The number of hydrazone groups is 1. The van der Waals surface area contributed by atoms with Crippen LogP contribution in [-0.2, 0) is 14.8 Å². The topological polar surface area (TPSA) is 150 Å². The van der Waals surface area contributed by atoms with Gasteiger partial charge >= 0.3 is 0 Å². The third-order valence-corrected chi connectivity index (χ3v) is 7.48. The van der Waals surface area contributed by atoms with Gasteiger partial charge in [-0.25, -0.2) is 13.8 Å². The molecule has 0 aliphatic rings. The molecule has 1 amide bonds. The highest BCUT2D eigenvalue weighted by Crippen LogP contribution is 2.35.